The van der Waals surface area contributed by atoms with Crippen molar-refractivity contribution in [2.75, 3.05) is 0 Å². The zero-order valence-electron chi connectivity index (χ0n) is 14.3. The maximum atomic E-state index is 2.35. The van der Waals surface area contributed by atoms with Crippen LogP contribution in [0.25, 0.3) is 0 Å². The molecule has 3 rings (SSSR count). The van der Waals surface area contributed by atoms with Gasteiger partial charge in [0.05, 0.1) is 0 Å². The molecule has 21 heavy (non-hydrogen) atoms. The van der Waals surface area contributed by atoms with E-state index in [1.807, 2.05) is 27.7 Å². The van der Waals surface area contributed by atoms with Crippen molar-refractivity contribution in [3.63, 3.8) is 0 Å². The molecular formula is C21H30. The van der Waals surface area contributed by atoms with Crippen LogP contribution in [-0.2, 0) is 0 Å². The van der Waals surface area contributed by atoms with Gasteiger partial charge in [0, 0.05) is 5.92 Å². The maximum Gasteiger partial charge on any atom is 0.00923 e. The van der Waals surface area contributed by atoms with Gasteiger partial charge in [0.25, 0.3) is 0 Å². The predicted octanol–water partition coefficient (Wildman–Crippen LogP) is 6.77. The minimum atomic E-state index is 0.601. The van der Waals surface area contributed by atoms with Gasteiger partial charge in [-0.3, -0.25) is 0 Å². The zero-order valence-corrected chi connectivity index (χ0v) is 14.3. The summed E-state index contributed by atoms with van der Waals surface area (Å²) < 4.78 is 0. The van der Waals surface area contributed by atoms with Crippen LogP contribution in [0.15, 0.2) is 54.6 Å². The molecule has 1 aliphatic rings. The topological polar surface area (TPSA) is 0 Å². The Morgan fingerprint density at radius 1 is 0.667 bits per heavy atom. The van der Waals surface area contributed by atoms with Crippen molar-refractivity contribution in [2.45, 2.75) is 59.3 Å². The molecule has 0 spiro atoms. The normalized spacial score (nSPS) is 19.3. The van der Waals surface area contributed by atoms with Gasteiger partial charge in [-0.05, 0) is 35.4 Å². The molecule has 2 unspecified atom stereocenters. The van der Waals surface area contributed by atoms with Crippen molar-refractivity contribution < 1.29 is 0 Å². The first-order chi connectivity index (χ1) is 10.4. The van der Waals surface area contributed by atoms with Crippen LogP contribution in [0, 0.1) is 0 Å². The molecule has 0 radical (unpaired) electrons. The molecule has 0 aliphatic heterocycles. The fraction of sp³-hybridized carbons (Fsp3) is 0.429. The molecule has 0 saturated carbocycles. The molecule has 0 amide bonds. The summed E-state index contributed by atoms with van der Waals surface area (Å²) in [6.07, 6.45) is 2.58. The molecule has 2 atom stereocenters. The Morgan fingerprint density at radius 3 is 1.81 bits per heavy atom. The molecule has 0 heteroatoms. The first kappa shape index (κ1) is 17.5. The Kier molecular flexibility index (Phi) is 7.82. The Labute approximate surface area is 131 Å². The molecule has 0 N–H and O–H groups in total. The van der Waals surface area contributed by atoms with E-state index in [0.717, 1.165) is 0 Å². The Hall–Kier alpha value is -1.56. The van der Waals surface area contributed by atoms with E-state index >= 15 is 0 Å². The van der Waals surface area contributed by atoms with Gasteiger partial charge in [-0.25, -0.2) is 0 Å². The van der Waals surface area contributed by atoms with Crippen LogP contribution in [0.4, 0.5) is 0 Å². The average molecular weight is 282 g/mol. The van der Waals surface area contributed by atoms with Crippen molar-refractivity contribution >= 4 is 0 Å². The lowest BCUT2D eigenvalue weighted by Gasteiger charge is -2.30. The summed E-state index contributed by atoms with van der Waals surface area (Å²) in [7, 11) is 0. The van der Waals surface area contributed by atoms with E-state index in [1.54, 1.807) is 5.56 Å². The SMILES string of the molecule is CC.CC.CC1CCC(c2ccccc2)c2ccccc21. The summed E-state index contributed by atoms with van der Waals surface area (Å²) in [5.41, 5.74) is 4.55. The third-order valence-electron chi connectivity index (χ3n) is 3.99. The summed E-state index contributed by atoms with van der Waals surface area (Å²) in [4.78, 5) is 0. The standard InChI is InChI=1S/C17H18.2C2H6/c1-13-11-12-16(14-7-3-2-4-8-14)17-10-6-5-9-15(13)17;2*1-2/h2-10,13,16H,11-12H2,1H3;2*1-2H3. The zero-order chi connectivity index (χ0) is 15.7. The van der Waals surface area contributed by atoms with Gasteiger partial charge in [-0.1, -0.05) is 89.2 Å². The predicted molar refractivity (Wildman–Crippen MR) is 95.1 cm³/mol. The molecule has 2 aromatic carbocycles. The summed E-state index contributed by atoms with van der Waals surface area (Å²) in [5, 5.41) is 0. The van der Waals surface area contributed by atoms with Gasteiger partial charge >= 0.3 is 0 Å². The highest BCUT2D eigenvalue weighted by atomic mass is 14.3. The average Bonchev–Trinajstić information content (AvgIpc) is 2.60. The highest BCUT2D eigenvalue weighted by molar-refractivity contribution is 5.41. The Balaban J connectivity index is 0.000000510. The third kappa shape index (κ3) is 4.20. The number of rotatable bonds is 1. The van der Waals surface area contributed by atoms with Crippen LogP contribution in [0.3, 0.4) is 0 Å². The largest absolute Gasteiger partial charge is 0.0683 e. The third-order valence-corrected chi connectivity index (χ3v) is 3.99. The molecule has 0 aromatic heterocycles. The molecule has 114 valence electrons. The van der Waals surface area contributed by atoms with E-state index in [4.69, 9.17) is 0 Å². The van der Waals surface area contributed by atoms with E-state index in [-0.39, 0.29) is 0 Å². The number of hydrogen-bond acceptors (Lipinski definition) is 0. The molecule has 2 aromatic rings. The molecule has 1 aliphatic carbocycles. The summed E-state index contributed by atoms with van der Waals surface area (Å²) in [6.45, 7) is 10.3. The molecular weight excluding hydrogens is 252 g/mol. The molecule has 0 nitrogen and oxygen atoms in total. The second kappa shape index (κ2) is 9.39. The lowest BCUT2D eigenvalue weighted by atomic mass is 9.75. The smallest absolute Gasteiger partial charge is 0.00923 e. The second-order valence-electron chi connectivity index (χ2n) is 5.07. The van der Waals surface area contributed by atoms with E-state index in [0.29, 0.717) is 11.8 Å². The fourth-order valence-corrected chi connectivity index (χ4v) is 3.04. The number of hydrogen-bond donors (Lipinski definition) is 0. The van der Waals surface area contributed by atoms with Crippen molar-refractivity contribution in [3.05, 3.63) is 71.3 Å². The molecule has 0 fully saturated rings. The van der Waals surface area contributed by atoms with Crippen molar-refractivity contribution in [3.8, 4) is 0 Å². The summed E-state index contributed by atoms with van der Waals surface area (Å²) in [5.74, 6) is 1.31. The summed E-state index contributed by atoms with van der Waals surface area (Å²) >= 11 is 0. The molecule has 0 saturated heterocycles. The van der Waals surface area contributed by atoms with Gasteiger partial charge in [0.15, 0.2) is 0 Å². The second-order valence-corrected chi connectivity index (χ2v) is 5.07. The van der Waals surface area contributed by atoms with Gasteiger partial charge in [0.2, 0.25) is 0 Å². The Bertz CT molecular complexity index is 498. The minimum Gasteiger partial charge on any atom is -0.0683 e. The highest BCUT2D eigenvalue weighted by Crippen LogP contribution is 2.41. The number of fused-ring (bicyclic) bond motifs is 1. The van der Waals surface area contributed by atoms with Crippen LogP contribution in [0.2, 0.25) is 0 Å². The van der Waals surface area contributed by atoms with E-state index < -0.39 is 0 Å². The van der Waals surface area contributed by atoms with E-state index in [2.05, 4.69) is 61.5 Å². The fourth-order valence-electron chi connectivity index (χ4n) is 3.04. The van der Waals surface area contributed by atoms with Crippen molar-refractivity contribution in [2.24, 2.45) is 0 Å². The number of benzene rings is 2. The maximum absolute atomic E-state index is 2.35. The van der Waals surface area contributed by atoms with Crippen LogP contribution in [0.1, 0.15) is 76.0 Å². The highest BCUT2D eigenvalue weighted by Gasteiger charge is 2.24. The van der Waals surface area contributed by atoms with Gasteiger partial charge in [-0.2, -0.15) is 0 Å². The van der Waals surface area contributed by atoms with Crippen LogP contribution >= 0.6 is 0 Å². The molecule has 0 bridgehead atoms. The van der Waals surface area contributed by atoms with Gasteiger partial charge in [0.1, 0.15) is 0 Å². The first-order valence-corrected chi connectivity index (χ1v) is 8.50. The quantitative estimate of drug-likeness (QED) is 0.541. The summed E-state index contributed by atoms with van der Waals surface area (Å²) in [6, 6.07) is 19.9. The lowest BCUT2D eigenvalue weighted by molar-refractivity contribution is 0.545. The first-order valence-electron chi connectivity index (χ1n) is 8.50. The van der Waals surface area contributed by atoms with Crippen LogP contribution in [0.5, 0.6) is 0 Å². The van der Waals surface area contributed by atoms with Gasteiger partial charge in [-0.15, -0.1) is 0 Å². The van der Waals surface area contributed by atoms with Crippen LogP contribution < -0.4 is 0 Å². The van der Waals surface area contributed by atoms with Crippen molar-refractivity contribution in [1.82, 2.24) is 0 Å². The minimum absolute atomic E-state index is 0.601. The molecule has 0 heterocycles. The van der Waals surface area contributed by atoms with E-state index in [1.165, 1.54) is 24.0 Å². The van der Waals surface area contributed by atoms with Crippen LogP contribution in [-0.4, -0.2) is 0 Å². The lowest BCUT2D eigenvalue weighted by Crippen LogP contribution is -2.13. The van der Waals surface area contributed by atoms with E-state index in [9.17, 15) is 0 Å². The monoisotopic (exact) mass is 282 g/mol. The Morgan fingerprint density at radius 2 is 1.19 bits per heavy atom. The van der Waals surface area contributed by atoms with Crippen molar-refractivity contribution in [1.29, 1.82) is 0 Å². The van der Waals surface area contributed by atoms with Gasteiger partial charge < -0.3 is 0 Å².